The fourth-order valence-electron chi connectivity index (χ4n) is 2.00. The monoisotopic (exact) mass is 242 g/mol. The summed E-state index contributed by atoms with van der Waals surface area (Å²) in [7, 11) is 0. The van der Waals surface area contributed by atoms with Gasteiger partial charge in [0.2, 0.25) is 5.95 Å². The average molecular weight is 242 g/mol. The molecule has 0 saturated carbocycles. The van der Waals surface area contributed by atoms with Crippen LogP contribution in [0.4, 0.5) is 11.8 Å². The number of hydrogen-bond donors (Lipinski definition) is 2. The molecule has 0 spiro atoms. The summed E-state index contributed by atoms with van der Waals surface area (Å²) in [6, 6.07) is 8.20. The zero-order chi connectivity index (χ0) is 13.1. The van der Waals surface area contributed by atoms with Crippen molar-refractivity contribution in [2.75, 3.05) is 11.5 Å². The van der Waals surface area contributed by atoms with Crippen molar-refractivity contribution in [3.05, 3.63) is 35.5 Å². The number of rotatable bonds is 3. The molecule has 0 saturated heterocycles. The molecule has 1 heterocycles. The Bertz CT molecular complexity index is 546. The molecular formula is C14H18N4. The Kier molecular flexibility index (Phi) is 3.46. The minimum atomic E-state index is 0.242. The van der Waals surface area contributed by atoms with E-state index in [0.29, 0.717) is 5.82 Å². The van der Waals surface area contributed by atoms with Crippen LogP contribution in [0.15, 0.2) is 24.3 Å². The fraction of sp³-hybridized carbons (Fsp3) is 0.286. The number of nitrogens with zero attached hydrogens (tertiary/aromatic N) is 2. The lowest BCUT2D eigenvalue weighted by atomic mass is 10.0. The summed E-state index contributed by atoms with van der Waals surface area (Å²) in [4.78, 5) is 8.37. The van der Waals surface area contributed by atoms with Crippen LogP contribution in [-0.4, -0.2) is 9.97 Å². The lowest BCUT2D eigenvalue weighted by Crippen LogP contribution is -2.06. The number of anilines is 2. The number of benzene rings is 1. The molecule has 18 heavy (non-hydrogen) atoms. The molecule has 0 aliphatic rings. The molecule has 0 fully saturated rings. The van der Waals surface area contributed by atoms with E-state index in [1.54, 1.807) is 0 Å². The summed E-state index contributed by atoms with van der Waals surface area (Å²) < 4.78 is 0. The highest BCUT2D eigenvalue weighted by Gasteiger charge is 2.12. The molecule has 1 aromatic heterocycles. The van der Waals surface area contributed by atoms with Gasteiger partial charge in [0, 0.05) is 5.56 Å². The second kappa shape index (κ2) is 5.04. The van der Waals surface area contributed by atoms with Crippen molar-refractivity contribution in [1.82, 2.24) is 9.97 Å². The van der Waals surface area contributed by atoms with Gasteiger partial charge >= 0.3 is 0 Å². The summed E-state index contributed by atoms with van der Waals surface area (Å²) >= 11 is 0. The predicted octanol–water partition coefficient (Wildman–Crippen LogP) is 2.57. The molecule has 0 bridgehead atoms. The van der Waals surface area contributed by atoms with E-state index in [0.717, 1.165) is 29.7 Å². The zero-order valence-electron chi connectivity index (χ0n) is 10.8. The van der Waals surface area contributed by atoms with Crippen LogP contribution in [-0.2, 0) is 6.42 Å². The molecule has 0 amide bonds. The van der Waals surface area contributed by atoms with Crippen molar-refractivity contribution >= 4 is 11.8 Å². The van der Waals surface area contributed by atoms with Crippen LogP contribution in [0, 0.1) is 6.92 Å². The van der Waals surface area contributed by atoms with Crippen molar-refractivity contribution < 1.29 is 0 Å². The minimum absolute atomic E-state index is 0.242. The zero-order valence-corrected chi connectivity index (χ0v) is 10.8. The molecule has 2 rings (SSSR count). The van der Waals surface area contributed by atoms with Crippen LogP contribution in [0.2, 0.25) is 0 Å². The minimum Gasteiger partial charge on any atom is -0.383 e. The first kappa shape index (κ1) is 12.4. The topological polar surface area (TPSA) is 77.8 Å². The van der Waals surface area contributed by atoms with Crippen molar-refractivity contribution in [2.45, 2.75) is 26.7 Å². The quantitative estimate of drug-likeness (QED) is 0.867. The van der Waals surface area contributed by atoms with E-state index in [-0.39, 0.29) is 5.95 Å². The van der Waals surface area contributed by atoms with E-state index in [1.165, 1.54) is 5.56 Å². The number of hydrogen-bond acceptors (Lipinski definition) is 4. The van der Waals surface area contributed by atoms with Crippen molar-refractivity contribution in [3.8, 4) is 11.1 Å². The molecule has 0 atom stereocenters. The normalized spacial score (nSPS) is 10.6. The number of aromatic nitrogens is 2. The smallest absolute Gasteiger partial charge is 0.222 e. The Hall–Kier alpha value is -2.10. The molecule has 94 valence electrons. The first-order chi connectivity index (χ1) is 8.61. The van der Waals surface area contributed by atoms with Gasteiger partial charge < -0.3 is 11.5 Å². The van der Waals surface area contributed by atoms with Gasteiger partial charge in [0.25, 0.3) is 0 Å². The van der Waals surface area contributed by atoms with E-state index in [2.05, 4.69) is 35.9 Å². The van der Waals surface area contributed by atoms with Gasteiger partial charge in [-0.05, 0) is 18.9 Å². The van der Waals surface area contributed by atoms with Gasteiger partial charge in [0.05, 0.1) is 5.69 Å². The van der Waals surface area contributed by atoms with Crippen LogP contribution >= 0.6 is 0 Å². The van der Waals surface area contributed by atoms with Crippen LogP contribution in [0.1, 0.15) is 24.6 Å². The Morgan fingerprint density at radius 3 is 2.33 bits per heavy atom. The van der Waals surface area contributed by atoms with E-state index >= 15 is 0 Å². The number of nitrogens with two attached hydrogens (primary N) is 2. The number of aryl methyl sites for hydroxylation is 2. The SMILES string of the molecule is CCCc1nc(N)nc(N)c1-c1ccc(C)cc1. The summed E-state index contributed by atoms with van der Waals surface area (Å²) in [6.07, 6.45) is 1.84. The highest BCUT2D eigenvalue weighted by atomic mass is 15.0. The molecule has 1 aromatic carbocycles. The summed E-state index contributed by atoms with van der Waals surface area (Å²) in [5.41, 5.74) is 15.7. The van der Waals surface area contributed by atoms with Gasteiger partial charge in [-0.1, -0.05) is 43.2 Å². The second-order valence-electron chi connectivity index (χ2n) is 4.40. The van der Waals surface area contributed by atoms with Crippen molar-refractivity contribution in [2.24, 2.45) is 0 Å². The van der Waals surface area contributed by atoms with E-state index in [4.69, 9.17) is 11.5 Å². The summed E-state index contributed by atoms with van der Waals surface area (Å²) in [5.74, 6) is 0.696. The second-order valence-corrected chi connectivity index (χ2v) is 4.40. The van der Waals surface area contributed by atoms with Crippen LogP contribution in [0.25, 0.3) is 11.1 Å². The first-order valence-corrected chi connectivity index (χ1v) is 6.10. The Morgan fingerprint density at radius 1 is 1.06 bits per heavy atom. The third kappa shape index (κ3) is 2.42. The Labute approximate surface area is 107 Å². The molecule has 0 unspecified atom stereocenters. The largest absolute Gasteiger partial charge is 0.383 e. The standard InChI is InChI=1S/C14H18N4/c1-3-4-11-12(13(15)18-14(16)17-11)10-7-5-9(2)6-8-10/h5-8H,3-4H2,1-2H3,(H4,15,16,17,18). The lowest BCUT2D eigenvalue weighted by molar-refractivity contribution is 0.880. The van der Waals surface area contributed by atoms with Gasteiger partial charge in [-0.3, -0.25) is 0 Å². The van der Waals surface area contributed by atoms with Crippen LogP contribution in [0.3, 0.4) is 0 Å². The van der Waals surface area contributed by atoms with Crippen LogP contribution in [0.5, 0.6) is 0 Å². The van der Waals surface area contributed by atoms with Gasteiger partial charge in [-0.2, -0.15) is 4.98 Å². The predicted molar refractivity (Wildman–Crippen MR) is 75.0 cm³/mol. The molecule has 4 heteroatoms. The van der Waals surface area contributed by atoms with E-state index in [9.17, 15) is 0 Å². The van der Waals surface area contributed by atoms with E-state index in [1.807, 2.05) is 12.1 Å². The maximum Gasteiger partial charge on any atom is 0.222 e. The maximum absolute atomic E-state index is 5.99. The summed E-state index contributed by atoms with van der Waals surface area (Å²) in [6.45, 7) is 4.16. The molecular weight excluding hydrogens is 224 g/mol. The number of nitrogen functional groups attached to an aromatic ring is 2. The maximum atomic E-state index is 5.99. The van der Waals surface area contributed by atoms with Crippen molar-refractivity contribution in [3.63, 3.8) is 0 Å². The Balaban J connectivity index is 2.57. The molecule has 4 N–H and O–H groups in total. The highest BCUT2D eigenvalue weighted by Crippen LogP contribution is 2.29. The third-order valence-corrected chi connectivity index (χ3v) is 2.86. The molecule has 0 radical (unpaired) electrons. The highest BCUT2D eigenvalue weighted by molar-refractivity contribution is 5.76. The fourth-order valence-corrected chi connectivity index (χ4v) is 2.00. The third-order valence-electron chi connectivity index (χ3n) is 2.86. The van der Waals surface area contributed by atoms with Gasteiger partial charge in [0.15, 0.2) is 0 Å². The molecule has 0 aliphatic carbocycles. The van der Waals surface area contributed by atoms with Gasteiger partial charge in [-0.15, -0.1) is 0 Å². The van der Waals surface area contributed by atoms with Crippen molar-refractivity contribution in [1.29, 1.82) is 0 Å². The van der Waals surface area contributed by atoms with Crippen LogP contribution < -0.4 is 11.5 Å². The molecule has 0 aliphatic heterocycles. The summed E-state index contributed by atoms with van der Waals surface area (Å²) in [5, 5.41) is 0. The molecule has 4 nitrogen and oxygen atoms in total. The van der Waals surface area contributed by atoms with Gasteiger partial charge in [0.1, 0.15) is 5.82 Å². The van der Waals surface area contributed by atoms with E-state index < -0.39 is 0 Å². The Morgan fingerprint density at radius 2 is 1.72 bits per heavy atom. The average Bonchev–Trinajstić information content (AvgIpc) is 2.31. The molecule has 2 aromatic rings. The first-order valence-electron chi connectivity index (χ1n) is 6.10. The van der Waals surface area contributed by atoms with Gasteiger partial charge in [-0.25, -0.2) is 4.98 Å². The lowest BCUT2D eigenvalue weighted by Gasteiger charge is -2.11.